The fourth-order valence-corrected chi connectivity index (χ4v) is 4.13. The number of aryl methyl sites for hydroxylation is 2. The van der Waals surface area contributed by atoms with Crippen molar-refractivity contribution in [2.75, 3.05) is 17.2 Å². The molecule has 3 N–H and O–H groups in total. The van der Waals surface area contributed by atoms with Crippen molar-refractivity contribution >= 4 is 35.1 Å². The first kappa shape index (κ1) is 19.6. The number of hydrogen-bond donors (Lipinski definition) is 3. The van der Waals surface area contributed by atoms with Crippen LogP contribution in [0.1, 0.15) is 30.0 Å². The van der Waals surface area contributed by atoms with Crippen LogP contribution in [0.25, 0.3) is 0 Å². The van der Waals surface area contributed by atoms with Crippen LogP contribution in [0.4, 0.5) is 16.2 Å². The van der Waals surface area contributed by atoms with Crippen molar-refractivity contribution in [2.24, 2.45) is 0 Å². The van der Waals surface area contributed by atoms with Gasteiger partial charge in [0.25, 0.3) is 5.91 Å². The first-order chi connectivity index (χ1) is 14.3. The summed E-state index contributed by atoms with van der Waals surface area (Å²) in [6.07, 6.45) is 1.16. The average molecular weight is 406 g/mol. The third kappa shape index (κ3) is 3.30. The monoisotopic (exact) mass is 406 g/mol. The molecule has 1 unspecified atom stereocenters. The number of carbonyl (C=O) groups is 4. The minimum atomic E-state index is -1.10. The normalized spacial score (nSPS) is 19.6. The highest BCUT2D eigenvalue weighted by Gasteiger charge is 2.55. The Morgan fingerprint density at radius 1 is 1.10 bits per heavy atom. The molecule has 30 heavy (non-hydrogen) atoms. The van der Waals surface area contributed by atoms with Gasteiger partial charge in [0.15, 0.2) is 0 Å². The zero-order valence-electron chi connectivity index (χ0n) is 16.7. The van der Waals surface area contributed by atoms with Gasteiger partial charge in [0, 0.05) is 6.92 Å². The summed E-state index contributed by atoms with van der Waals surface area (Å²) >= 11 is 0. The molecule has 2 aromatic carbocycles. The molecule has 154 valence electrons. The van der Waals surface area contributed by atoms with Crippen molar-refractivity contribution in [1.82, 2.24) is 10.2 Å². The molecular weight excluding hydrogens is 384 g/mol. The predicted octanol–water partition coefficient (Wildman–Crippen LogP) is 2.29. The van der Waals surface area contributed by atoms with Gasteiger partial charge in [-0.05, 0) is 48.6 Å². The molecule has 0 radical (unpaired) electrons. The first-order valence-electron chi connectivity index (χ1n) is 9.71. The maximum Gasteiger partial charge on any atom is 0.325 e. The van der Waals surface area contributed by atoms with Crippen LogP contribution in [0.15, 0.2) is 42.5 Å². The van der Waals surface area contributed by atoms with Gasteiger partial charge in [-0.25, -0.2) is 4.79 Å². The molecule has 0 bridgehead atoms. The fraction of sp³-hybridized carbons (Fsp3) is 0.273. The van der Waals surface area contributed by atoms with Crippen LogP contribution in [-0.4, -0.2) is 35.2 Å². The fourth-order valence-electron chi connectivity index (χ4n) is 4.13. The molecule has 2 aromatic rings. The summed E-state index contributed by atoms with van der Waals surface area (Å²) in [6.45, 7) is 2.81. The zero-order chi connectivity index (χ0) is 21.5. The van der Waals surface area contributed by atoms with Gasteiger partial charge in [0.1, 0.15) is 12.1 Å². The quantitative estimate of drug-likeness (QED) is 0.677. The lowest BCUT2D eigenvalue weighted by Crippen LogP contribution is -2.43. The van der Waals surface area contributed by atoms with Gasteiger partial charge in [-0.1, -0.05) is 30.3 Å². The van der Waals surface area contributed by atoms with Gasteiger partial charge in [0.05, 0.1) is 11.4 Å². The number of hydrogen-bond acceptors (Lipinski definition) is 4. The maximum atomic E-state index is 13.2. The highest BCUT2D eigenvalue weighted by molar-refractivity contribution is 6.11. The number of imide groups is 1. The molecule has 8 nitrogen and oxygen atoms in total. The van der Waals surface area contributed by atoms with Gasteiger partial charge in [-0.2, -0.15) is 0 Å². The second-order valence-corrected chi connectivity index (χ2v) is 7.66. The van der Waals surface area contributed by atoms with Crippen LogP contribution in [0.3, 0.4) is 0 Å². The Hall–Kier alpha value is -3.68. The Morgan fingerprint density at radius 3 is 2.63 bits per heavy atom. The Balaban J connectivity index is 1.53. The summed E-state index contributed by atoms with van der Waals surface area (Å²) < 4.78 is 0. The van der Waals surface area contributed by atoms with Crippen LogP contribution in [-0.2, 0) is 26.3 Å². The van der Waals surface area contributed by atoms with Crippen molar-refractivity contribution in [1.29, 1.82) is 0 Å². The number of benzene rings is 2. The van der Waals surface area contributed by atoms with E-state index < -0.39 is 29.9 Å². The molecule has 1 saturated heterocycles. The van der Waals surface area contributed by atoms with E-state index in [9.17, 15) is 19.2 Å². The molecule has 4 rings (SSSR count). The van der Waals surface area contributed by atoms with E-state index in [0.717, 1.165) is 21.6 Å². The lowest BCUT2D eigenvalue weighted by atomic mass is 9.92. The largest absolute Gasteiger partial charge is 0.325 e. The summed E-state index contributed by atoms with van der Waals surface area (Å²) in [6, 6.07) is 12.1. The van der Waals surface area contributed by atoms with Crippen LogP contribution >= 0.6 is 0 Å². The number of nitrogens with one attached hydrogen (secondary N) is 3. The summed E-state index contributed by atoms with van der Waals surface area (Å²) in [7, 11) is 0. The van der Waals surface area contributed by atoms with E-state index in [4.69, 9.17) is 0 Å². The van der Waals surface area contributed by atoms with E-state index in [1.165, 1.54) is 6.92 Å². The Bertz CT molecular complexity index is 1080. The van der Waals surface area contributed by atoms with E-state index in [-0.39, 0.29) is 5.91 Å². The predicted molar refractivity (Wildman–Crippen MR) is 111 cm³/mol. The minimum Gasteiger partial charge on any atom is -0.325 e. The zero-order valence-corrected chi connectivity index (χ0v) is 16.7. The van der Waals surface area contributed by atoms with Gasteiger partial charge in [-0.15, -0.1) is 0 Å². The number of nitrogens with zero attached hydrogens (tertiary/aromatic N) is 1. The molecule has 1 atom stereocenters. The van der Waals surface area contributed by atoms with Gasteiger partial charge >= 0.3 is 6.03 Å². The van der Waals surface area contributed by atoms with Gasteiger partial charge < -0.3 is 16.0 Å². The van der Waals surface area contributed by atoms with Gasteiger partial charge in [-0.3, -0.25) is 19.3 Å². The molecule has 8 heteroatoms. The standard InChI is InChI=1S/C22H22N4O4/c1-13-7-8-17(23-14(2)27)18(11-13)24-19(28)12-26-20(29)22(25-21(26)30)10-9-15-5-3-4-6-16(15)22/h3-8,11H,9-10,12H2,1-2H3,(H,23,27)(H,24,28)(H,25,30). The molecular formula is C22H22N4O4. The van der Waals surface area contributed by atoms with Crippen molar-refractivity contribution in [3.63, 3.8) is 0 Å². The van der Waals surface area contributed by atoms with Crippen LogP contribution < -0.4 is 16.0 Å². The summed E-state index contributed by atoms with van der Waals surface area (Å²) in [4.78, 5) is 50.8. The lowest BCUT2D eigenvalue weighted by molar-refractivity contribution is -0.134. The third-order valence-corrected chi connectivity index (χ3v) is 5.48. The molecule has 1 fully saturated rings. The van der Waals surface area contributed by atoms with E-state index in [1.54, 1.807) is 18.2 Å². The maximum absolute atomic E-state index is 13.2. The number of rotatable bonds is 4. The van der Waals surface area contributed by atoms with Crippen molar-refractivity contribution in [2.45, 2.75) is 32.2 Å². The van der Waals surface area contributed by atoms with Crippen LogP contribution in [0.2, 0.25) is 0 Å². The number of amides is 5. The van der Waals surface area contributed by atoms with E-state index in [1.807, 2.05) is 31.2 Å². The lowest BCUT2D eigenvalue weighted by Gasteiger charge is -2.22. The number of fused-ring (bicyclic) bond motifs is 2. The number of carbonyl (C=O) groups excluding carboxylic acids is 4. The third-order valence-electron chi connectivity index (χ3n) is 5.48. The van der Waals surface area contributed by atoms with E-state index in [0.29, 0.717) is 24.2 Å². The Kier molecular flexibility index (Phi) is 4.77. The molecule has 1 heterocycles. The van der Waals surface area contributed by atoms with Crippen molar-refractivity contribution < 1.29 is 19.2 Å². The van der Waals surface area contributed by atoms with E-state index in [2.05, 4.69) is 16.0 Å². The number of urea groups is 1. The number of anilines is 2. The average Bonchev–Trinajstić information content (AvgIpc) is 3.17. The second kappa shape index (κ2) is 7.29. The molecule has 1 spiro atoms. The summed E-state index contributed by atoms with van der Waals surface area (Å²) in [5.74, 6) is -1.22. The smallest absolute Gasteiger partial charge is 0.325 e. The molecule has 1 aliphatic carbocycles. The summed E-state index contributed by atoms with van der Waals surface area (Å²) in [5, 5.41) is 8.15. The van der Waals surface area contributed by atoms with Crippen LogP contribution in [0, 0.1) is 6.92 Å². The van der Waals surface area contributed by atoms with Crippen molar-refractivity contribution in [3.8, 4) is 0 Å². The first-order valence-corrected chi connectivity index (χ1v) is 9.71. The van der Waals surface area contributed by atoms with Gasteiger partial charge in [0.2, 0.25) is 11.8 Å². The Morgan fingerprint density at radius 2 is 1.87 bits per heavy atom. The van der Waals surface area contributed by atoms with Crippen molar-refractivity contribution in [3.05, 3.63) is 59.2 Å². The molecule has 2 aliphatic rings. The summed E-state index contributed by atoms with van der Waals surface area (Å²) in [5.41, 5.74) is 2.45. The topological polar surface area (TPSA) is 108 Å². The Labute approximate surface area is 173 Å². The molecule has 5 amide bonds. The molecule has 1 aliphatic heterocycles. The molecule has 0 aromatic heterocycles. The second-order valence-electron chi connectivity index (χ2n) is 7.66. The highest BCUT2D eigenvalue weighted by atomic mass is 16.2. The SMILES string of the molecule is CC(=O)Nc1ccc(C)cc1NC(=O)CN1C(=O)NC2(CCc3ccccc32)C1=O. The van der Waals surface area contributed by atoms with E-state index >= 15 is 0 Å². The van der Waals surface area contributed by atoms with Crippen LogP contribution in [0.5, 0.6) is 0 Å². The highest BCUT2D eigenvalue weighted by Crippen LogP contribution is 2.41. The minimum absolute atomic E-state index is 0.273. The molecule has 0 saturated carbocycles.